The average molecular weight is 351 g/mol. The third kappa shape index (κ3) is 3.59. The Morgan fingerprint density at radius 2 is 1.22 bits per heavy atom. The number of hydrogen-bond donors (Lipinski definition) is 0. The molecule has 0 spiro atoms. The molecule has 0 amide bonds. The van der Waals surface area contributed by atoms with Crippen molar-refractivity contribution in [1.29, 1.82) is 0 Å². The molecule has 4 aromatic rings. The number of benzene rings is 3. The summed E-state index contributed by atoms with van der Waals surface area (Å²) in [6.45, 7) is 2.26. The lowest BCUT2D eigenvalue weighted by Crippen LogP contribution is -2.00. The van der Waals surface area contributed by atoms with Crippen molar-refractivity contribution < 1.29 is 0 Å². The number of aromatic nitrogens is 1. The van der Waals surface area contributed by atoms with E-state index in [1.165, 1.54) is 46.6 Å². The van der Waals surface area contributed by atoms with Crippen molar-refractivity contribution in [2.24, 2.45) is 0 Å². The molecule has 0 radical (unpaired) electrons. The molecule has 0 bridgehead atoms. The number of nitrogens with zero attached hydrogens (tertiary/aromatic N) is 1. The first kappa shape index (κ1) is 17.4. The minimum Gasteiger partial charge on any atom is -0.309 e. The summed E-state index contributed by atoms with van der Waals surface area (Å²) in [5.74, 6) is 0. The zero-order valence-electron chi connectivity index (χ0n) is 15.8. The highest BCUT2D eigenvalue weighted by Gasteiger charge is 2.18. The largest absolute Gasteiger partial charge is 0.309 e. The molecule has 1 heterocycles. The second-order valence-corrected chi connectivity index (χ2v) is 6.91. The second kappa shape index (κ2) is 8.09. The van der Waals surface area contributed by atoms with Crippen molar-refractivity contribution in [3.8, 4) is 28.2 Å². The van der Waals surface area contributed by atoms with E-state index in [0.717, 1.165) is 6.42 Å². The molecule has 0 fully saturated rings. The molecular formula is C26H25N. The van der Waals surface area contributed by atoms with Crippen LogP contribution < -0.4 is 0 Å². The fraction of sp³-hybridized carbons (Fsp3) is 0.154. The Kier molecular flexibility index (Phi) is 5.20. The molecule has 1 nitrogen and oxygen atoms in total. The molecule has 1 aromatic heterocycles. The van der Waals surface area contributed by atoms with Crippen LogP contribution in [0.5, 0.6) is 0 Å². The number of para-hydroxylation sites is 1. The van der Waals surface area contributed by atoms with E-state index in [1.807, 2.05) is 0 Å². The third-order valence-corrected chi connectivity index (χ3v) is 5.01. The van der Waals surface area contributed by atoms with E-state index in [1.54, 1.807) is 0 Å². The maximum Gasteiger partial charge on any atom is 0.0566 e. The SMILES string of the molecule is CCCCc1cc(-c2ccccc2)n(-c2ccccc2)c1-c1ccccc1. The quantitative estimate of drug-likeness (QED) is 0.347. The standard InChI is InChI=1S/C26H25N/c1-2-3-13-23-20-25(21-14-7-4-8-15-21)27(24-18-11-6-12-19-24)26(23)22-16-9-5-10-17-22/h4-12,14-20H,2-3,13H2,1H3. The van der Waals surface area contributed by atoms with E-state index < -0.39 is 0 Å². The summed E-state index contributed by atoms with van der Waals surface area (Å²) in [5.41, 5.74) is 7.72. The first-order valence-electron chi connectivity index (χ1n) is 9.79. The topological polar surface area (TPSA) is 4.93 Å². The summed E-state index contributed by atoms with van der Waals surface area (Å²) in [4.78, 5) is 0. The summed E-state index contributed by atoms with van der Waals surface area (Å²) in [5, 5.41) is 0. The molecule has 0 atom stereocenters. The first-order chi connectivity index (χ1) is 13.4. The van der Waals surface area contributed by atoms with Crippen LogP contribution in [0, 0.1) is 0 Å². The Hall–Kier alpha value is -3.06. The molecule has 0 saturated heterocycles. The highest BCUT2D eigenvalue weighted by atomic mass is 15.0. The van der Waals surface area contributed by atoms with Gasteiger partial charge in [0, 0.05) is 5.69 Å². The van der Waals surface area contributed by atoms with Crippen LogP contribution in [-0.2, 0) is 6.42 Å². The Morgan fingerprint density at radius 1 is 0.667 bits per heavy atom. The maximum absolute atomic E-state index is 2.43. The van der Waals surface area contributed by atoms with Crippen LogP contribution in [-0.4, -0.2) is 4.57 Å². The average Bonchev–Trinajstić information content (AvgIpc) is 3.13. The van der Waals surface area contributed by atoms with Gasteiger partial charge in [0.2, 0.25) is 0 Å². The van der Waals surface area contributed by atoms with E-state index in [4.69, 9.17) is 0 Å². The highest BCUT2D eigenvalue weighted by Crippen LogP contribution is 2.36. The predicted molar refractivity (Wildman–Crippen MR) is 115 cm³/mol. The fourth-order valence-electron chi connectivity index (χ4n) is 3.70. The van der Waals surface area contributed by atoms with E-state index in [2.05, 4.69) is 109 Å². The molecule has 0 unspecified atom stereocenters. The number of aryl methyl sites for hydroxylation is 1. The van der Waals surface area contributed by atoms with Crippen molar-refractivity contribution in [2.45, 2.75) is 26.2 Å². The van der Waals surface area contributed by atoms with Gasteiger partial charge in [-0.1, -0.05) is 92.2 Å². The Morgan fingerprint density at radius 3 is 1.81 bits per heavy atom. The maximum atomic E-state index is 2.43. The summed E-state index contributed by atoms with van der Waals surface area (Å²) in [6, 6.07) is 34.6. The van der Waals surface area contributed by atoms with E-state index >= 15 is 0 Å². The van der Waals surface area contributed by atoms with Gasteiger partial charge in [0.1, 0.15) is 0 Å². The minimum absolute atomic E-state index is 1.10. The molecule has 0 saturated carbocycles. The molecule has 27 heavy (non-hydrogen) atoms. The fourth-order valence-corrected chi connectivity index (χ4v) is 3.70. The van der Waals surface area contributed by atoms with Crippen LogP contribution >= 0.6 is 0 Å². The van der Waals surface area contributed by atoms with Crippen LogP contribution in [0.2, 0.25) is 0 Å². The van der Waals surface area contributed by atoms with E-state index in [-0.39, 0.29) is 0 Å². The number of hydrogen-bond acceptors (Lipinski definition) is 0. The zero-order chi connectivity index (χ0) is 18.5. The molecular weight excluding hydrogens is 326 g/mol. The van der Waals surface area contributed by atoms with Gasteiger partial charge in [-0.25, -0.2) is 0 Å². The Bertz CT molecular complexity index is 983. The molecule has 3 aromatic carbocycles. The van der Waals surface area contributed by atoms with Crippen molar-refractivity contribution in [3.63, 3.8) is 0 Å². The van der Waals surface area contributed by atoms with Crippen LogP contribution in [0.15, 0.2) is 97.1 Å². The number of unbranched alkanes of at least 4 members (excludes halogenated alkanes) is 1. The van der Waals surface area contributed by atoms with Gasteiger partial charge >= 0.3 is 0 Å². The van der Waals surface area contributed by atoms with Gasteiger partial charge in [0.25, 0.3) is 0 Å². The van der Waals surface area contributed by atoms with Crippen molar-refractivity contribution in [3.05, 3.63) is 103 Å². The van der Waals surface area contributed by atoms with Crippen LogP contribution in [0.25, 0.3) is 28.2 Å². The lowest BCUT2D eigenvalue weighted by molar-refractivity contribution is 0.796. The summed E-state index contributed by atoms with van der Waals surface area (Å²) >= 11 is 0. The minimum atomic E-state index is 1.10. The van der Waals surface area contributed by atoms with E-state index in [9.17, 15) is 0 Å². The van der Waals surface area contributed by atoms with Crippen LogP contribution in [0.4, 0.5) is 0 Å². The zero-order valence-corrected chi connectivity index (χ0v) is 15.8. The van der Waals surface area contributed by atoms with Gasteiger partial charge in [-0.2, -0.15) is 0 Å². The van der Waals surface area contributed by atoms with Gasteiger partial charge < -0.3 is 4.57 Å². The molecule has 134 valence electrons. The molecule has 0 aliphatic heterocycles. The Labute approximate surface area is 161 Å². The second-order valence-electron chi connectivity index (χ2n) is 6.91. The third-order valence-electron chi connectivity index (χ3n) is 5.01. The van der Waals surface area contributed by atoms with Gasteiger partial charge in [-0.15, -0.1) is 0 Å². The van der Waals surface area contributed by atoms with Gasteiger partial charge in [0.15, 0.2) is 0 Å². The molecule has 4 rings (SSSR count). The monoisotopic (exact) mass is 351 g/mol. The van der Waals surface area contributed by atoms with Gasteiger partial charge in [-0.05, 0) is 47.7 Å². The van der Waals surface area contributed by atoms with Crippen molar-refractivity contribution in [2.75, 3.05) is 0 Å². The lowest BCUT2D eigenvalue weighted by Gasteiger charge is -2.15. The first-order valence-corrected chi connectivity index (χ1v) is 9.79. The van der Waals surface area contributed by atoms with Gasteiger partial charge in [0.05, 0.1) is 11.4 Å². The summed E-state index contributed by atoms with van der Waals surface area (Å²) < 4.78 is 2.43. The normalized spacial score (nSPS) is 10.9. The van der Waals surface area contributed by atoms with Gasteiger partial charge in [-0.3, -0.25) is 0 Å². The molecule has 1 heteroatoms. The molecule has 0 aliphatic rings. The predicted octanol–water partition coefficient (Wildman–Crippen LogP) is 7.15. The highest BCUT2D eigenvalue weighted by molar-refractivity contribution is 5.76. The summed E-state index contributed by atoms with van der Waals surface area (Å²) in [7, 11) is 0. The van der Waals surface area contributed by atoms with Crippen molar-refractivity contribution in [1.82, 2.24) is 4.57 Å². The number of rotatable bonds is 6. The van der Waals surface area contributed by atoms with Crippen molar-refractivity contribution >= 4 is 0 Å². The Balaban J connectivity index is 2.01. The molecule has 0 N–H and O–H groups in total. The van der Waals surface area contributed by atoms with E-state index in [0.29, 0.717) is 0 Å². The van der Waals surface area contributed by atoms with Crippen LogP contribution in [0.1, 0.15) is 25.3 Å². The molecule has 0 aliphatic carbocycles. The lowest BCUT2D eigenvalue weighted by atomic mass is 10.0. The summed E-state index contributed by atoms with van der Waals surface area (Å²) in [6.07, 6.45) is 3.50. The van der Waals surface area contributed by atoms with Crippen LogP contribution in [0.3, 0.4) is 0 Å². The smallest absolute Gasteiger partial charge is 0.0566 e.